The fraction of sp³-hybridized carbons (Fsp3) is 0. The van der Waals surface area contributed by atoms with Gasteiger partial charge in [0, 0.05) is 28.8 Å². The van der Waals surface area contributed by atoms with Crippen molar-refractivity contribution in [1.82, 2.24) is 9.97 Å². The first-order valence-electron chi connectivity index (χ1n) is 6.08. The van der Waals surface area contributed by atoms with Gasteiger partial charge in [0.05, 0.1) is 23.6 Å². The molecule has 104 valence electrons. The van der Waals surface area contributed by atoms with Gasteiger partial charge in [0.2, 0.25) is 6.41 Å². The number of hydrogen-bond donors (Lipinski definition) is 1. The van der Waals surface area contributed by atoms with Crippen molar-refractivity contribution < 1.29 is 13.6 Å². The first kappa shape index (κ1) is 13.1. The van der Waals surface area contributed by atoms with Gasteiger partial charge in [-0.25, -0.2) is 8.78 Å². The van der Waals surface area contributed by atoms with E-state index >= 15 is 0 Å². The number of carbonyl (C=O) groups excluding carboxylic acids is 1. The maximum atomic E-state index is 14.0. The highest BCUT2D eigenvalue weighted by Crippen LogP contribution is 2.30. The van der Waals surface area contributed by atoms with Gasteiger partial charge < -0.3 is 5.32 Å². The predicted molar refractivity (Wildman–Crippen MR) is 74.6 cm³/mol. The van der Waals surface area contributed by atoms with Crippen molar-refractivity contribution >= 4 is 23.0 Å². The predicted octanol–water partition coefficient (Wildman–Crippen LogP) is 3.14. The van der Waals surface area contributed by atoms with Gasteiger partial charge >= 0.3 is 0 Å². The van der Waals surface area contributed by atoms with Gasteiger partial charge in [-0.2, -0.15) is 0 Å². The van der Waals surface area contributed by atoms with Crippen LogP contribution in [0.15, 0.2) is 42.9 Å². The first-order chi connectivity index (χ1) is 10.2. The zero-order chi connectivity index (χ0) is 14.8. The van der Waals surface area contributed by atoms with Crippen LogP contribution < -0.4 is 5.32 Å². The van der Waals surface area contributed by atoms with Crippen LogP contribution in [0.1, 0.15) is 0 Å². The Kier molecular flexibility index (Phi) is 3.27. The van der Waals surface area contributed by atoms with Gasteiger partial charge in [0.15, 0.2) is 0 Å². The molecule has 0 saturated heterocycles. The Labute approximate surface area is 118 Å². The Balaban J connectivity index is 2.25. The van der Waals surface area contributed by atoms with Gasteiger partial charge in [0.25, 0.3) is 0 Å². The van der Waals surface area contributed by atoms with E-state index in [1.165, 1.54) is 30.7 Å². The minimum atomic E-state index is -0.682. The van der Waals surface area contributed by atoms with E-state index in [2.05, 4.69) is 15.3 Å². The molecule has 1 amide bonds. The maximum Gasteiger partial charge on any atom is 0.211 e. The van der Waals surface area contributed by atoms with Crippen molar-refractivity contribution in [3.63, 3.8) is 0 Å². The molecule has 1 aromatic carbocycles. The lowest BCUT2D eigenvalue weighted by molar-refractivity contribution is -0.105. The Morgan fingerprint density at radius 1 is 1.05 bits per heavy atom. The smallest absolute Gasteiger partial charge is 0.211 e. The molecule has 21 heavy (non-hydrogen) atoms. The lowest BCUT2D eigenvalue weighted by Gasteiger charge is -2.08. The average Bonchev–Trinajstić information content (AvgIpc) is 2.47. The summed E-state index contributed by atoms with van der Waals surface area (Å²) in [6.45, 7) is 0. The topological polar surface area (TPSA) is 54.9 Å². The van der Waals surface area contributed by atoms with Crippen LogP contribution in [0.3, 0.4) is 0 Å². The van der Waals surface area contributed by atoms with E-state index in [0.717, 1.165) is 6.07 Å². The van der Waals surface area contributed by atoms with Crippen molar-refractivity contribution in [3.05, 3.63) is 54.5 Å². The summed E-state index contributed by atoms with van der Waals surface area (Å²) >= 11 is 0. The summed E-state index contributed by atoms with van der Waals surface area (Å²) in [7, 11) is 0. The number of amides is 1. The number of carbonyl (C=O) groups is 1. The molecule has 1 N–H and O–H groups in total. The third-order valence-corrected chi connectivity index (χ3v) is 3.06. The van der Waals surface area contributed by atoms with Crippen LogP contribution in [0.5, 0.6) is 0 Å². The minimum absolute atomic E-state index is 0.222. The van der Waals surface area contributed by atoms with E-state index in [-0.39, 0.29) is 5.56 Å². The second-order valence-electron chi connectivity index (χ2n) is 4.36. The van der Waals surface area contributed by atoms with Crippen molar-refractivity contribution in [2.24, 2.45) is 0 Å². The molecule has 3 aromatic rings. The number of aromatic nitrogens is 2. The molecular formula is C15H9F2N3O. The second kappa shape index (κ2) is 5.24. The summed E-state index contributed by atoms with van der Waals surface area (Å²) in [6.07, 6.45) is 5.02. The van der Waals surface area contributed by atoms with Crippen LogP contribution >= 0.6 is 0 Å². The standard InChI is InChI=1S/C15H9F2N3O/c16-9-1-2-11(14(17)3-9)13-6-18-7-15-12(13)4-10(5-19-15)20-8-21/h1-8H,(H,20,21). The number of pyridine rings is 2. The van der Waals surface area contributed by atoms with Crippen molar-refractivity contribution in [1.29, 1.82) is 0 Å². The zero-order valence-electron chi connectivity index (χ0n) is 10.7. The molecule has 2 heterocycles. The van der Waals surface area contributed by atoms with Crippen LogP contribution in [0.25, 0.3) is 22.0 Å². The van der Waals surface area contributed by atoms with E-state index in [1.807, 2.05) is 0 Å². The molecule has 0 unspecified atom stereocenters. The molecule has 6 heteroatoms. The monoisotopic (exact) mass is 285 g/mol. The molecule has 0 fully saturated rings. The van der Waals surface area contributed by atoms with Gasteiger partial charge in [0.1, 0.15) is 11.6 Å². The highest BCUT2D eigenvalue weighted by atomic mass is 19.1. The van der Waals surface area contributed by atoms with E-state index in [1.54, 1.807) is 6.07 Å². The maximum absolute atomic E-state index is 14.0. The van der Waals surface area contributed by atoms with Crippen LogP contribution in [0.2, 0.25) is 0 Å². The van der Waals surface area contributed by atoms with Gasteiger partial charge in [-0.05, 0) is 18.2 Å². The molecule has 0 atom stereocenters. The number of nitrogens with zero attached hydrogens (tertiary/aromatic N) is 2. The number of hydrogen-bond acceptors (Lipinski definition) is 3. The quantitative estimate of drug-likeness (QED) is 0.752. The normalized spacial score (nSPS) is 10.6. The second-order valence-corrected chi connectivity index (χ2v) is 4.36. The lowest BCUT2D eigenvalue weighted by Crippen LogP contribution is -1.96. The first-order valence-corrected chi connectivity index (χ1v) is 6.08. The molecule has 3 rings (SSSR count). The van der Waals surface area contributed by atoms with Crippen molar-refractivity contribution in [2.75, 3.05) is 5.32 Å². The summed E-state index contributed by atoms with van der Waals surface area (Å²) in [5, 5.41) is 3.10. The van der Waals surface area contributed by atoms with E-state index in [9.17, 15) is 13.6 Å². The Bertz CT molecular complexity index is 836. The minimum Gasteiger partial charge on any atom is -0.327 e. The molecule has 0 radical (unpaired) electrons. The fourth-order valence-electron chi connectivity index (χ4n) is 2.12. The molecule has 0 spiro atoms. The molecule has 0 aliphatic carbocycles. The molecule has 0 aliphatic heterocycles. The van der Waals surface area contributed by atoms with Crippen LogP contribution in [0, 0.1) is 11.6 Å². The summed E-state index contributed by atoms with van der Waals surface area (Å²) in [5.74, 6) is -1.33. The number of halogens is 2. The van der Waals surface area contributed by atoms with Gasteiger partial charge in [-0.3, -0.25) is 14.8 Å². The molecule has 0 bridgehead atoms. The molecular weight excluding hydrogens is 276 g/mol. The van der Waals surface area contributed by atoms with E-state index < -0.39 is 11.6 Å². The van der Waals surface area contributed by atoms with Crippen molar-refractivity contribution in [2.45, 2.75) is 0 Å². The summed E-state index contributed by atoms with van der Waals surface area (Å²) in [4.78, 5) is 18.7. The number of nitrogens with one attached hydrogen (secondary N) is 1. The fourth-order valence-corrected chi connectivity index (χ4v) is 2.12. The molecule has 0 saturated carbocycles. The molecule has 0 aliphatic rings. The highest BCUT2D eigenvalue weighted by molar-refractivity contribution is 5.96. The third-order valence-electron chi connectivity index (χ3n) is 3.06. The third kappa shape index (κ3) is 2.43. The van der Waals surface area contributed by atoms with Crippen LogP contribution in [-0.2, 0) is 4.79 Å². The Morgan fingerprint density at radius 2 is 1.90 bits per heavy atom. The largest absolute Gasteiger partial charge is 0.327 e. The Morgan fingerprint density at radius 3 is 2.67 bits per heavy atom. The number of rotatable bonds is 3. The van der Waals surface area contributed by atoms with Gasteiger partial charge in [-0.15, -0.1) is 0 Å². The van der Waals surface area contributed by atoms with E-state index in [0.29, 0.717) is 28.6 Å². The average molecular weight is 285 g/mol. The summed E-state index contributed by atoms with van der Waals surface area (Å²) in [6, 6.07) is 5.00. The number of fused-ring (bicyclic) bond motifs is 1. The highest BCUT2D eigenvalue weighted by Gasteiger charge is 2.11. The van der Waals surface area contributed by atoms with Crippen LogP contribution in [-0.4, -0.2) is 16.4 Å². The summed E-state index contributed by atoms with van der Waals surface area (Å²) < 4.78 is 27.0. The van der Waals surface area contributed by atoms with E-state index in [4.69, 9.17) is 0 Å². The SMILES string of the molecule is O=CNc1cnc2cncc(-c3ccc(F)cc3F)c2c1. The van der Waals surface area contributed by atoms with Gasteiger partial charge in [-0.1, -0.05) is 0 Å². The van der Waals surface area contributed by atoms with Crippen molar-refractivity contribution in [3.8, 4) is 11.1 Å². The molecule has 2 aromatic heterocycles. The number of benzene rings is 1. The lowest BCUT2D eigenvalue weighted by atomic mass is 10.0. The zero-order valence-corrected chi connectivity index (χ0v) is 10.7. The summed E-state index contributed by atoms with van der Waals surface area (Å²) in [5.41, 5.74) is 1.73. The molecule has 4 nitrogen and oxygen atoms in total. The number of anilines is 1. The Hall–Kier alpha value is -2.89. The van der Waals surface area contributed by atoms with Crippen LogP contribution in [0.4, 0.5) is 14.5 Å².